The highest BCUT2D eigenvalue weighted by atomic mass is 127. The van der Waals surface area contributed by atoms with Gasteiger partial charge in [0, 0.05) is 12.5 Å². The van der Waals surface area contributed by atoms with Gasteiger partial charge >= 0.3 is 0 Å². The lowest BCUT2D eigenvalue weighted by Crippen LogP contribution is -2.22. The Bertz CT molecular complexity index is 461. The molecule has 0 saturated heterocycles. The average molecular weight is 387 g/mol. The average Bonchev–Trinajstić information content (AvgIpc) is 2.41. The Hall–Kier alpha value is -0.390. The Kier molecular flexibility index (Phi) is 5.26. The first kappa shape index (κ1) is 16.0. The topological polar surface area (TPSA) is 37.8 Å². The van der Waals surface area contributed by atoms with Gasteiger partial charge in [-0.25, -0.2) is 9.97 Å². The lowest BCUT2D eigenvalue weighted by Gasteiger charge is -2.33. The molecular formula is C16H26IN3. The fourth-order valence-corrected chi connectivity index (χ4v) is 3.68. The lowest BCUT2D eigenvalue weighted by molar-refractivity contribution is 0.220. The third-order valence-corrected chi connectivity index (χ3v) is 5.45. The molecule has 0 radical (unpaired) electrons. The van der Waals surface area contributed by atoms with Crippen LogP contribution in [0.3, 0.4) is 0 Å². The monoisotopic (exact) mass is 387 g/mol. The summed E-state index contributed by atoms with van der Waals surface area (Å²) in [4.78, 5) is 9.66. The van der Waals surface area contributed by atoms with Gasteiger partial charge in [0.15, 0.2) is 0 Å². The van der Waals surface area contributed by atoms with Gasteiger partial charge in [0.05, 0.1) is 9.26 Å². The number of rotatable bonds is 4. The first-order valence-corrected chi connectivity index (χ1v) is 8.85. The highest BCUT2D eigenvalue weighted by molar-refractivity contribution is 14.1. The van der Waals surface area contributed by atoms with Gasteiger partial charge in [-0.15, -0.1) is 0 Å². The van der Waals surface area contributed by atoms with Crippen molar-refractivity contribution >= 4 is 28.4 Å². The largest absolute Gasteiger partial charge is 0.369 e. The molecule has 0 bridgehead atoms. The van der Waals surface area contributed by atoms with Crippen molar-refractivity contribution in [3.63, 3.8) is 0 Å². The Morgan fingerprint density at radius 1 is 1.20 bits per heavy atom. The van der Waals surface area contributed by atoms with Gasteiger partial charge in [0.25, 0.3) is 0 Å². The summed E-state index contributed by atoms with van der Waals surface area (Å²) in [5.74, 6) is 2.64. The molecule has 112 valence electrons. The first-order valence-electron chi connectivity index (χ1n) is 7.77. The second kappa shape index (κ2) is 6.58. The van der Waals surface area contributed by atoms with E-state index in [4.69, 9.17) is 9.97 Å². The van der Waals surface area contributed by atoms with E-state index in [2.05, 4.69) is 55.6 Å². The third kappa shape index (κ3) is 3.62. The van der Waals surface area contributed by atoms with Crippen LogP contribution in [0.15, 0.2) is 0 Å². The van der Waals surface area contributed by atoms with E-state index < -0.39 is 0 Å². The summed E-state index contributed by atoms with van der Waals surface area (Å²) in [5.41, 5.74) is 1.69. The Morgan fingerprint density at radius 2 is 1.85 bits per heavy atom. The Balaban J connectivity index is 2.25. The SMILES string of the molecule is CCNc1nc(C2CCC(C)(C)CC2)nc(CC)c1I. The molecule has 4 heteroatoms. The minimum atomic E-state index is 0.498. The van der Waals surface area contributed by atoms with Crippen molar-refractivity contribution in [2.45, 2.75) is 65.7 Å². The molecule has 1 fully saturated rings. The van der Waals surface area contributed by atoms with Crippen LogP contribution < -0.4 is 5.32 Å². The molecule has 1 aliphatic rings. The van der Waals surface area contributed by atoms with E-state index in [-0.39, 0.29) is 0 Å². The van der Waals surface area contributed by atoms with Crippen molar-refractivity contribution < 1.29 is 0 Å². The molecule has 3 nitrogen and oxygen atoms in total. The smallest absolute Gasteiger partial charge is 0.143 e. The van der Waals surface area contributed by atoms with Crippen LogP contribution in [0.4, 0.5) is 5.82 Å². The number of aryl methyl sites for hydroxylation is 1. The van der Waals surface area contributed by atoms with Crippen molar-refractivity contribution in [3.8, 4) is 0 Å². The van der Waals surface area contributed by atoms with Crippen molar-refractivity contribution in [3.05, 3.63) is 15.1 Å². The van der Waals surface area contributed by atoms with Gasteiger partial charge in [0.1, 0.15) is 11.6 Å². The zero-order chi connectivity index (χ0) is 14.8. The molecule has 20 heavy (non-hydrogen) atoms. The second-order valence-corrected chi connectivity index (χ2v) is 7.59. The first-order chi connectivity index (χ1) is 9.46. The van der Waals surface area contributed by atoms with Crippen LogP contribution >= 0.6 is 22.6 Å². The van der Waals surface area contributed by atoms with Gasteiger partial charge in [0.2, 0.25) is 0 Å². The fraction of sp³-hybridized carbons (Fsp3) is 0.750. The minimum Gasteiger partial charge on any atom is -0.369 e. The summed E-state index contributed by atoms with van der Waals surface area (Å²) in [5, 5.41) is 3.39. The molecule has 0 spiro atoms. The van der Waals surface area contributed by atoms with E-state index in [1.54, 1.807) is 0 Å². The van der Waals surface area contributed by atoms with Crippen LogP contribution in [-0.2, 0) is 6.42 Å². The summed E-state index contributed by atoms with van der Waals surface area (Å²) in [6, 6.07) is 0. The van der Waals surface area contributed by atoms with Crippen LogP contribution in [0.1, 0.15) is 70.8 Å². The maximum Gasteiger partial charge on any atom is 0.143 e. The molecule has 1 aliphatic carbocycles. The van der Waals surface area contributed by atoms with Gasteiger partial charge in [-0.05, 0) is 67.0 Å². The summed E-state index contributed by atoms with van der Waals surface area (Å²) < 4.78 is 1.19. The standard InChI is InChI=1S/C16H26IN3/c1-5-12-13(17)15(18-6-2)20-14(19-12)11-7-9-16(3,4)10-8-11/h11H,5-10H2,1-4H3,(H,18,19,20). The molecule has 0 atom stereocenters. The summed E-state index contributed by atoms with van der Waals surface area (Å²) in [6.07, 6.45) is 5.99. The molecule has 2 rings (SSSR count). The molecule has 1 N–H and O–H groups in total. The van der Waals surface area contributed by atoms with Gasteiger partial charge in [-0.2, -0.15) is 0 Å². The number of aromatic nitrogens is 2. The quantitative estimate of drug-likeness (QED) is 0.757. The Morgan fingerprint density at radius 3 is 2.40 bits per heavy atom. The van der Waals surface area contributed by atoms with Crippen molar-refractivity contribution in [1.29, 1.82) is 0 Å². The molecule has 0 aliphatic heterocycles. The van der Waals surface area contributed by atoms with Gasteiger partial charge < -0.3 is 5.32 Å². The number of nitrogens with zero attached hydrogens (tertiary/aromatic N) is 2. The van der Waals surface area contributed by atoms with E-state index in [0.717, 1.165) is 24.6 Å². The highest BCUT2D eigenvalue weighted by Crippen LogP contribution is 2.41. The van der Waals surface area contributed by atoms with Crippen molar-refractivity contribution in [2.75, 3.05) is 11.9 Å². The fourth-order valence-electron chi connectivity index (χ4n) is 2.87. The molecular weight excluding hydrogens is 361 g/mol. The summed E-state index contributed by atoms with van der Waals surface area (Å²) >= 11 is 2.37. The van der Waals surface area contributed by atoms with E-state index in [1.807, 2.05) is 0 Å². The van der Waals surface area contributed by atoms with Crippen LogP contribution in [0.2, 0.25) is 0 Å². The maximum absolute atomic E-state index is 4.85. The Labute approximate surface area is 136 Å². The number of hydrogen-bond acceptors (Lipinski definition) is 3. The zero-order valence-electron chi connectivity index (χ0n) is 13.1. The summed E-state index contributed by atoms with van der Waals surface area (Å²) in [7, 11) is 0. The third-order valence-electron chi connectivity index (χ3n) is 4.32. The molecule has 0 amide bonds. The van der Waals surface area contributed by atoms with E-state index in [9.17, 15) is 0 Å². The predicted molar refractivity (Wildman–Crippen MR) is 93.3 cm³/mol. The minimum absolute atomic E-state index is 0.498. The number of nitrogens with one attached hydrogen (secondary N) is 1. The van der Waals surface area contributed by atoms with E-state index >= 15 is 0 Å². The van der Waals surface area contributed by atoms with Crippen LogP contribution in [0.25, 0.3) is 0 Å². The molecule has 1 aromatic rings. The maximum atomic E-state index is 4.85. The molecule has 0 aromatic carbocycles. The zero-order valence-corrected chi connectivity index (χ0v) is 15.2. The molecule has 1 saturated carbocycles. The number of anilines is 1. The van der Waals surface area contributed by atoms with E-state index in [0.29, 0.717) is 11.3 Å². The van der Waals surface area contributed by atoms with Gasteiger partial charge in [-0.3, -0.25) is 0 Å². The normalized spacial score (nSPS) is 19.1. The summed E-state index contributed by atoms with van der Waals surface area (Å²) in [6.45, 7) is 9.95. The lowest BCUT2D eigenvalue weighted by atomic mass is 9.73. The van der Waals surface area contributed by atoms with Crippen LogP contribution in [0, 0.1) is 8.99 Å². The molecule has 1 aromatic heterocycles. The van der Waals surface area contributed by atoms with Gasteiger partial charge in [-0.1, -0.05) is 20.8 Å². The number of halogens is 1. The van der Waals surface area contributed by atoms with Crippen LogP contribution in [0.5, 0.6) is 0 Å². The molecule has 0 unspecified atom stereocenters. The second-order valence-electron chi connectivity index (χ2n) is 6.51. The molecule has 1 heterocycles. The predicted octanol–water partition coefficient (Wildman–Crippen LogP) is 4.76. The highest BCUT2D eigenvalue weighted by Gasteiger charge is 2.29. The van der Waals surface area contributed by atoms with Crippen molar-refractivity contribution in [2.24, 2.45) is 5.41 Å². The van der Waals surface area contributed by atoms with Crippen LogP contribution in [-0.4, -0.2) is 16.5 Å². The van der Waals surface area contributed by atoms with Crippen molar-refractivity contribution in [1.82, 2.24) is 9.97 Å². The number of hydrogen-bond donors (Lipinski definition) is 1. The van der Waals surface area contributed by atoms with E-state index in [1.165, 1.54) is 34.9 Å².